The maximum absolute atomic E-state index is 12.8. The van der Waals surface area contributed by atoms with Crippen molar-refractivity contribution < 1.29 is 19.0 Å². The number of carbonyl (C=O) groups excluding carboxylic acids is 1. The van der Waals surface area contributed by atoms with Gasteiger partial charge >= 0.3 is 0 Å². The SMILES string of the molecule is Cc1cccc(O[C@H](C)C(=O)N2CCN(Cc3ccc4c(c3)OCO4)CC2)c1C. The highest BCUT2D eigenvalue weighted by molar-refractivity contribution is 5.81. The van der Waals surface area contributed by atoms with E-state index in [1.807, 2.05) is 56.0 Å². The number of hydrogen-bond donors (Lipinski definition) is 0. The fraction of sp³-hybridized carbons (Fsp3) is 0.435. The monoisotopic (exact) mass is 396 g/mol. The zero-order chi connectivity index (χ0) is 20.4. The molecule has 0 aliphatic carbocycles. The van der Waals surface area contributed by atoms with E-state index in [1.165, 1.54) is 11.1 Å². The van der Waals surface area contributed by atoms with E-state index < -0.39 is 6.10 Å². The van der Waals surface area contributed by atoms with Crippen LogP contribution in [0.2, 0.25) is 0 Å². The Morgan fingerprint density at radius 2 is 1.83 bits per heavy atom. The highest BCUT2D eigenvalue weighted by Gasteiger charge is 2.26. The van der Waals surface area contributed by atoms with Gasteiger partial charge in [-0.15, -0.1) is 0 Å². The lowest BCUT2D eigenvalue weighted by atomic mass is 10.1. The maximum Gasteiger partial charge on any atom is 0.263 e. The number of nitrogens with zero attached hydrogens (tertiary/aromatic N) is 2. The molecule has 2 aliphatic rings. The molecule has 0 unspecified atom stereocenters. The first-order chi connectivity index (χ1) is 14.0. The van der Waals surface area contributed by atoms with Crippen molar-refractivity contribution in [3.63, 3.8) is 0 Å². The van der Waals surface area contributed by atoms with Gasteiger partial charge in [-0.25, -0.2) is 0 Å². The second kappa shape index (κ2) is 8.33. The first-order valence-corrected chi connectivity index (χ1v) is 10.1. The Labute approximate surface area is 172 Å². The number of ether oxygens (including phenoxy) is 3. The van der Waals surface area contributed by atoms with Crippen molar-refractivity contribution in [1.29, 1.82) is 0 Å². The third-order valence-corrected chi connectivity index (χ3v) is 5.73. The minimum Gasteiger partial charge on any atom is -0.481 e. The highest BCUT2D eigenvalue weighted by Crippen LogP contribution is 2.33. The van der Waals surface area contributed by atoms with E-state index in [9.17, 15) is 4.79 Å². The molecular formula is C23H28N2O4. The summed E-state index contributed by atoms with van der Waals surface area (Å²) in [5.74, 6) is 2.46. The van der Waals surface area contributed by atoms with Crippen molar-refractivity contribution in [3.05, 3.63) is 53.1 Å². The molecular weight excluding hydrogens is 368 g/mol. The summed E-state index contributed by atoms with van der Waals surface area (Å²) >= 11 is 0. The van der Waals surface area contributed by atoms with Gasteiger partial charge in [0.05, 0.1) is 0 Å². The Bertz CT molecular complexity index is 890. The Balaban J connectivity index is 1.29. The van der Waals surface area contributed by atoms with E-state index in [0.29, 0.717) is 19.9 Å². The van der Waals surface area contributed by atoms with Crippen LogP contribution in [-0.2, 0) is 11.3 Å². The number of carbonyl (C=O) groups is 1. The van der Waals surface area contributed by atoms with Crippen LogP contribution >= 0.6 is 0 Å². The molecule has 0 N–H and O–H groups in total. The van der Waals surface area contributed by atoms with Gasteiger partial charge in [0.1, 0.15) is 5.75 Å². The molecule has 1 amide bonds. The summed E-state index contributed by atoms with van der Waals surface area (Å²) in [6.07, 6.45) is -0.490. The third-order valence-electron chi connectivity index (χ3n) is 5.73. The summed E-state index contributed by atoms with van der Waals surface area (Å²) in [6, 6.07) is 12.0. The number of amides is 1. The molecule has 0 saturated carbocycles. The molecule has 6 heteroatoms. The molecule has 6 nitrogen and oxygen atoms in total. The lowest BCUT2D eigenvalue weighted by Crippen LogP contribution is -2.51. The maximum atomic E-state index is 12.8. The summed E-state index contributed by atoms with van der Waals surface area (Å²) in [4.78, 5) is 17.1. The van der Waals surface area contributed by atoms with Crippen LogP contribution in [-0.4, -0.2) is 54.8 Å². The predicted octanol–water partition coefficient (Wildman–Crippen LogP) is 3.14. The van der Waals surface area contributed by atoms with Crippen molar-refractivity contribution in [1.82, 2.24) is 9.80 Å². The van der Waals surface area contributed by atoms with E-state index in [1.54, 1.807) is 0 Å². The van der Waals surface area contributed by atoms with Crippen LogP contribution in [0.1, 0.15) is 23.6 Å². The van der Waals surface area contributed by atoms with E-state index in [0.717, 1.165) is 42.4 Å². The standard InChI is InChI=1S/C23H28N2O4/c1-16-5-4-6-20(17(16)2)29-18(3)23(26)25-11-9-24(10-12-25)14-19-7-8-21-22(13-19)28-15-27-21/h4-8,13,18H,9-12,14-15H2,1-3H3/t18-/m1/s1. The topological polar surface area (TPSA) is 51.2 Å². The van der Waals surface area contributed by atoms with Gasteiger partial charge in [0.15, 0.2) is 17.6 Å². The lowest BCUT2D eigenvalue weighted by molar-refractivity contribution is -0.139. The fourth-order valence-electron chi connectivity index (χ4n) is 3.77. The molecule has 2 aromatic carbocycles. The third kappa shape index (κ3) is 4.32. The van der Waals surface area contributed by atoms with Crippen LogP contribution in [0.25, 0.3) is 0 Å². The molecule has 1 fully saturated rings. The lowest BCUT2D eigenvalue weighted by Gasteiger charge is -2.36. The average molecular weight is 396 g/mol. The molecule has 4 rings (SSSR count). The van der Waals surface area contributed by atoms with Gasteiger partial charge < -0.3 is 19.1 Å². The molecule has 0 spiro atoms. The molecule has 0 bridgehead atoms. The van der Waals surface area contributed by atoms with Gasteiger partial charge in [0.25, 0.3) is 5.91 Å². The Morgan fingerprint density at radius 1 is 1.07 bits per heavy atom. The average Bonchev–Trinajstić information content (AvgIpc) is 3.19. The summed E-state index contributed by atoms with van der Waals surface area (Å²) < 4.78 is 16.8. The molecule has 1 saturated heterocycles. The molecule has 2 aromatic rings. The predicted molar refractivity (Wildman–Crippen MR) is 110 cm³/mol. The quantitative estimate of drug-likeness (QED) is 0.777. The number of piperazine rings is 1. The van der Waals surface area contributed by atoms with Gasteiger partial charge in [-0.1, -0.05) is 18.2 Å². The summed E-state index contributed by atoms with van der Waals surface area (Å²) in [5, 5.41) is 0. The van der Waals surface area contributed by atoms with E-state index in [-0.39, 0.29) is 5.91 Å². The highest BCUT2D eigenvalue weighted by atomic mass is 16.7. The van der Waals surface area contributed by atoms with E-state index in [4.69, 9.17) is 14.2 Å². The van der Waals surface area contributed by atoms with Crippen LogP contribution < -0.4 is 14.2 Å². The van der Waals surface area contributed by atoms with Crippen LogP contribution in [0.3, 0.4) is 0 Å². The molecule has 2 heterocycles. The minimum atomic E-state index is -0.490. The number of rotatable bonds is 5. The summed E-state index contributed by atoms with van der Waals surface area (Å²) in [5.41, 5.74) is 3.45. The van der Waals surface area contributed by atoms with Gasteiger partial charge in [-0.05, 0) is 55.7 Å². The van der Waals surface area contributed by atoms with Crippen LogP contribution in [0, 0.1) is 13.8 Å². The zero-order valence-electron chi connectivity index (χ0n) is 17.3. The molecule has 0 aromatic heterocycles. The largest absolute Gasteiger partial charge is 0.481 e. The Hall–Kier alpha value is -2.73. The van der Waals surface area contributed by atoms with Crippen LogP contribution in [0.15, 0.2) is 36.4 Å². The number of hydrogen-bond acceptors (Lipinski definition) is 5. The van der Waals surface area contributed by atoms with Crippen molar-refractivity contribution in [2.75, 3.05) is 33.0 Å². The van der Waals surface area contributed by atoms with Crippen LogP contribution in [0.5, 0.6) is 17.2 Å². The normalized spacial score (nSPS) is 17.3. The molecule has 154 valence electrons. The first-order valence-electron chi connectivity index (χ1n) is 10.1. The Kier molecular flexibility index (Phi) is 5.62. The van der Waals surface area contributed by atoms with Crippen molar-refractivity contribution >= 4 is 5.91 Å². The van der Waals surface area contributed by atoms with Crippen molar-refractivity contribution in [3.8, 4) is 17.2 Å². The van der Waals surface area contributed by atoms with Gasteiger partial charge in [0, 0.05) is 32.7 Å². The van der Waals surface area contributed by atoms with Gasteiger partial charge in [-0.2, -0.15) is 0 Å². The first kappa shape index (κ1) is 19.6. The summed E-state index contributed by atoms with van der Waals surface area (Å²) in [7, 11) is 0. The summed E-state index contributed by atoms with van der Waals surface area (Å²) in [6.45, 7) is 10.2. The number of aryl methyl sites for hydroxylation is 1. The number of fused-ring (bicyclic) bond motifs is 1. The number of benzene rings is 2. The van der Waals surface area contributed by atoms with E-state index >= 15 is 0 Å². The zero-order valence-corrected chi connectivity index (χ0v) is 17.3. The second-order valence-corrected chi connectivity index (χ2v) is 7.75. The minimum absolute atomic E-state index is 0.0497. The van der Waals surface area contributed by atoms with Crippen molar-refractivity contribution in [2.24, 2.45) is 0 Å². The smallest absolute Gasteiger partial charge is 0.263 e. The van der Waals surface area contributed by atoms with Crippen molar-refractivity contribution in [2.45, 2.75) is 33.4 Å². The molecule has 0 radical (unpaired) electrons. The van der Waals surface area contributed by atoms with E-state index in [2.05, 4.69) is 11.0 Å². The Morgan fingerprint density at radius 3 is 2.62 bits per heavy atom. The second-order valence-electron chi connectivity index (χ2n) is 7.75. The fourth-order valence-corrected chi connectivity index (χ4v) is 3.77. The molecule has 29 heavy (non-hydrogen) atoms. The van der Waals surface area contributed by atoms with Gasteiger partial charge in [0.2, 0.25) is 6.79 Å². The molecule has 2 aliphatic heterocycles. The molecule has 1 atom stereocenters. The van der Waals surface area contributed by atoms with Crippen LogP contribution in [0.4, 0.5) is 0 Å². The van der Waals surface area contributed by atoms with Gasteiger partial charge in [-0.3, -0.25) is 9.69 Å².